The second-order valence-electron chi connectivity index (χ2n) is 38.4. The number of benzene rings is 6. The fourth-order valence-electron chi connectivity index (χ4n) is 17.0. The number of sulfonamides is 2. The summed E-state index contributed by atoms with van der Waals surface area (Å²) in [5, 5.41) is 45.4. The van der Waals surface area contributed by atoms with Gasteiger partial charge in [-0.2, -0.15) is 0 Å². The number of amides is 8. The summed E-state index contributed by atoms with van der Waals surface area (Å²) in [5.74, 6) is -5.73. The molecule has 0 spiro atoms. The molecule has 10 rings (SSSR count). The molecule has 1 aromatic heterocycles. The van der Waals surface area contributed by atoms with E-state index < -0.39 is 145 Å². The van der Waals surface area contributed by atoms with Crippen molar-refractivity contribution in [3.05, 3.63) is 170 Å². The van der Waals surface area contributed by atoms with Gasteiger partial charge >= 0.3 is 12.2 Å². The molecule has 0 saturated carbocycles. The number of alkyl carbamates (subject to hydrolysis) is 1. The van der Waals surface area contributed by atoms with Gasteiger partial charge in [-0.15, -0.1) is 0 Å². The van der Waals surface area contributed by atoms with Gasteiger partial charge in [0.05, 0.1) is 48.3 Å². The molecule has 738 valence electrons. The molecular weight excluding hydrogens is 1780 g/mol. The van der Waals surface area contributed by atoms with Gasteiger partial charge in [0.2, 0.25) is 53.3 Å². The quantitative estimate of drug-likeness (QED) is 0.00962. The first-order valence-electron chi connectivity index (χ1n) is 46.1. The van der Waals surface area contributed by atoms with Crippen molar-refractivity contribution in [2.24, 2.45) is 5.92 Å². The number of ether oxygens (including phenoxy) is 7. The summed E-state index contributed by atoms with van der Waals surface area (Å²) in [5.41, 5.74) is 7.39. The maximum atomic E-state index is 15.5. The molecule has 7 aromatic rings. The number of para-hydroxylation sites is 1. The van der Waals surface area contributed by atoms with Crippen LogP contribution in [0.5, 0.6) is 17.2 Å². The summed E-state index contributed by atoms with van der Waals surface area (Å²) in [4.78, 5) is 129. The summed E-state index contributed by atoms with van der Waals surface area (Å²) >= 11 is 0. The predicted octanol–water partition coefficient (Wildman–Crippen LogP) is 10.4. The first-order chi connectivity index (χ1) is 63.9. The molecule has 5 atom stereocenters. The van der Waals surface area contributed by atoms with E-state index in [0.717, 1.165) is 33.4 Å². The van der Waals surface area contributed by atoms with Gasteiger partial charge in [-0.3, -0.25) is 48.9 Å². The van der Waals surface area contributed by atoms with Gasteiger partial charge in [0.1, 0.15) is 76.5 Å². The molecule has 0 fully saturated rings. The Balaban J connectivity index is 0.853. The second kappa shape index (κ2) is 45.5. The first kappa shape index (κ1) is 106. The smallest absolute Gasteiger partial charge is 0.419 e. The van der Waals surface area contributed by atoms with E-state index in [0.29, 0.717) is 92.8 Å². The highest BCUT2D eigenvalue weighted by Gasteiger charge is 2.40. The minimum atomic E-state index is -4.43. The Hall–Kier alpha value is -12.4. The number of aromatic nitrogens is 1. The lowest BCUT2D eigenvalue weighted by atomic mass is 9.88. The van der Waals surface area contributed by atoms with E-state index in [2.05, 4.69) is 74.7 Å². The largest absolute Gasteiger partial charge is 0.488 e. The van der Waals surface area contributed by atoms with Crippen molar-refractivity contribution in [2.75, 3.05) is 65.8 Å². The normalized spacial score (nSPS) is 14.8. The zero-order valence-electron chi connectivity index (χ0n) is 81.4. The average molecular weight is 1920 g/mol. The Morgan fingerprint density at radius 1 is 0.522 bits per heavy atom. The molecule has 8 amide bonds. The van der Waals surface area contributed by atoms with E-state index in [-0.39, 0.29) is 125 Å². The number of hydrogen-bond acceptors (Lipinski definition) is 22. The lowest BCUT2D eigenvalue weighted by molar-refractivity contribution is -0.134. The molecule has 0 radical (unpaired) electrons. The Morgan fingerprint density at radius 3 is 1.51 bits per heavy atom. The molecule has 14 N–H and O–H groups in total. The van der Waals surface area contributed by atoms with Crippen molar-refractivity contribution in [3.8, 4) is 28.4 Å². The van der Waals surface area contributed by atoms with Crippen molar-refractivity contribution in [1.82, 2.24) is 67.2 Å². The van der Waals surface area contributed by atoms with E-state index >= 15 is 14.4 Å². The van der Waals surface area contributed by atoms with Crippen molar-refractivity contribution >= 4 is 96.4 Å². The third-order valence-corrected chi connectivity index (χ3v) is 27.0. The molecule has 35 nitrogen and oxygen atoms in total. The maximum absolute atomic E-state index is 15.5. The molecule has 3 aliphatic rings. The summed E-state index contributed by atoms with van der Waals surface area (Å²) in [6.45, 7) is 33.2. The standard InChI is InChI=1S/C99H135N15O20S2/c1-57(2)52-78(88(118)102-46-48-128-50-51-129-49-47-105-94(122)130-56-75-71-30-22-20-28-69(71)70-29-21-23-31-72(70)75)110-89(119)77(34-27-45-104-93(101)113-136(126,127)86-61(6)59(4)84-68(63(86)8)41-43-99(18,19)133-84)108-81(116)54-106-87(117)76(33-26-44-103-92(100)112-135(124,125)85-60(5)58(3)83-67(62(85)7)40-42-98(16,17)132-83)109-90(120)79(53-65-36-38-66(39-37-65)131-96(10,11)12)111-91(121)82(107-64(9)115)74-55-114(95(123)134-97(13,14)15)80-35-25-24-32-73(74)80/h20-25,28-32,35-39,55,57,75-79,82H,26-27,33-34,40-54,56H2,1-19H3,(H,102,118)(H,105,122)(H,106,117)(H,107,115)(H,108,116)(H,109,120)(H,110,119)(H,111,121)(H3,100,103,112)(H3,101,104,113)/t76-,77-,78-,79-,82?/m0/s1. The van der Waals surface area contributed by atoms with Gasteiger partial charge in [-0.05, 0) is 265 Å². The maximum Gasteiger partial charge on any atom is 0.419 e. The molecule has 37 heteroatoms. The highest BCUT2D eigenvalue weighted by molar-refractivity contribution is 7.90. The van der Waals surface area contributed by atoms with Crippen LogP contribution in [0.4, 0.5) is 9.59 Å². The van der Waals surface area contributed by atoms with Crippen LogP contribution in [-0.4, -0.2) is 199 Å². The van der Waals surface area contributed by atoms with Crippen LogP contribution in [0, 0.1) is 58.3 Å². The highest BCUT2D eigenvalue weighted by Crippen LogP contribution is 2.47. The minimum Gasteiger partial charge on any atom is -0.488 e. The highest BCUT2D eigenvalue weighted by atomic mass is 32.2. The number of rotatable bonds is 41. The molecule has 2 aliphatic heterocycles. The fraction of sp³-hybridized carbons (Fsp3) is 0.505. The molecule has 0 saturated heterocycles. The molecule has 1 aliphatic carbocycles. The van der Waals surface area contributed by atoms with Crippen molar-refractivity contribution in [3.63, 3.8) is 0 Å². The van der Waals surface area contributed by atoms with Gasteiger partial charge in [0, 0.05) is 62.6 Å². The zero-order chi connectivity index (χ0) is 99.7. The third-order valence-electron chi connectivity index (χ3n) is 23.8. The number of carbonyl (C=O) groups is 9. The van der Waals surface area contributed by atoms with E-state index in [9.17, 15) is 45.6 Å². The Labute approximate surface area is 797 Å². The van der Waals surface area contributed by atoms with E-state index in [4.69, 9.17) is 44.0 Å². The third kappa shape index (κ3) is 28.4. The van der Waals surface area contributed by atoms with Crippen molar-refractivity contribution < 1.29 is 93.1 Å². The van der Waals surface area contributed by atoms with Crippen LogP contribution in [0.2, 0.25) is 0 Å². The molecule has 1 unspecified atom stereocenters. The average Bonchev–Trinajstić information content (AvgIpc) is 1.05. The van der Waals surface area contributed by atoms with Crippen LogP contribution >= 0.6 is 0 Å². The molecule has 0 bridgehead atoms. The number of hydrogen-bond donors (Lipinski definition) is 14. The fourth-order valence-corrected chi connectivity index (χ4v) is 20.1. The Kier molecular flexibility index (Phi) is 35.4. The molecular formula is C99H135N15O20S2. The van der Waals surface area contributed by atoms with E-state index in [1.807, 2.05) is 98.7 Å². The zero-order valence-corrected chi connectivity index (χ0v) is 83.1. The predicted molar refractivity (Wildman–Crippen MR) is 516 cm³/mol. The molecule has 136 heavy (non-hydrogen) atoms. The van der Waals surface area contributed by atoms with Crippen LogP contribution < -0.4 is 76.8 Å². The van der Waals surface area contributed by atoms with Crippen LogP contribution in [0.3, 0.4) is 0 Å². The summed E-state index contributed by atoms with van der Waals surface area (Å²) in [6.07, 6.45) is 1.59. The molecule has 3 heterocycles. The summed E-state index contributed by atoms with van der Waals surface area (Å²) in [7, 11) is -8.82. The topological polar surface area (TPSA) is 484 Å². The van der Waals surface area contributed by atoms with Crippen LogP contribution in [0.1, 0.15) is 214 Å². The number of carbonyl (C=O) groups excluding carboxylic acids is 9. The Morgan fingerprint density at radius 2 is 1.00 bits per heavy atom. The van der Waals surface area contributed by atoms with Gasteiger partial charge < -0.3 is 86.3 Å². The number of nitrogens with zero attached hydrogens (tertiary/aromatic N) is 1. The van der Waals surface area contributed by atoms with Crippen molar-refractivity contribution in [1.29, 1.82) is 10.8 Å². The monoisotopic (exact) mass is 1920 g/mol. The van der Waals surface area contributed by atoms with Crippen LogP contribution in [0.25, 0.3) is 22.0 Å². The van der Waals surface area contributed by atoms with E-state index in [1.165, 1.54) is 17.7 Å². The molecule has 6 aromatic carbocycles. The SMILES string of the molecule is CC(=O)NC(C(=O)N[C@@H](Cc1ccc(OC(C)(C)C)cc1)C(=O)N[C@@H](CCCNC(=N)NS(=O)(=O)c1c(C)c(C)c2c(c1C)CCC(C)(C)O2)C(=O)NCC(=O)N[C@@H](CCCNC(=N)NS(=O)(=O)c1c(C)c(C)c2c(c1C)CCC(C)(C)O2)C(=O)N[C@@H](CC(C)C)C(=O)NCCOCCOCCNC(=O)OCC1c2ccccc2-c2ccccc21)c1cn(C(=O)OC(C)(C)C)c2ccccc12. The van der Waals surface area contributed by atoms with Gasteiger partial charge in [0.25, 0.3) is 20.0 Å². The van der Waals surface area contributed by atoms with Crippen LogP contribution in [-0.2, 0) is 91.8 Å². The van der Waals surface area contributed by atoms with Gasteiger partial charge in [0.15, 0.2) is 0 Å². The minimum absolute atomic E-state index is 0.00107. The van der Waals surface area contributed by atoms with Gasteiger partial charge in [-0.1, -0.05) is 92.7 Å². The van der Waals surface area contributed by atoms with Crippen molar-refractivity contribution in [2.45, 2.75) is 264 Å². The number of guanidine groups is 2. The summed E-state index contributed by atoms with van der Waals surface area (Å²) in [6, 6.07) is 21.9. The number of nitrogens with one attached hydrogen (secondary N) is 14. The van der Waals surface area contributed by atoms with Crippen LogP contribution in [0.15, 0.2) is 113 Å². The number of fused-ring (bicyclic) bond motifs is 6. The first-order valence-corrected chi connectivity index (χ1v) is 49.1. The lowest BCUT2D eigenvalue weighted by Gasteiger charge is -2.35. The van der Waals surface area contributed by atoms with E-state index in [1.54, 1.807) is 111 Å². The summed E-state index contributed by atoms with van der Waals surface area (Å²) < 4.78 is 105. The second-order valence-corrected chi connectivity index (χ2v) is 41.7. The lowest BCUT2D eigenvalue weighted by Crippen LogP contribution is -2.57. The Bertz CT molecular complexity index is 5800. The van der Waals surface area contributed by atoms with Gasteiger partial charge in [-0.25, -0.2) is 35.9 Å².